The number of fused-ring (bicyclic) bond motifs is 1. The van der Waals surface area contributed by atoms with Gasteiger partial charge in [-0.2, -0.15) is 0 Å². The molecule has 0 unspecified atom stereocenters. The summed E-state index contributed by atoms with van der Waals surface area (Å²) in [4.78, 5) is 14.7. The maximum absolute atomic E-state index is 12.8. The number of methoxy groups -OCH3 is 1. The zero-order valence-corrected chi connectivity index (χ0v) is 17.9. The Morgan fingerprint density at radius 1 is 1.16 bits per heavy atom. The minimum atomic E-state index is -0.122. The van der Waals surface area contributed by atoms with Gasteiger partial charge in [0.15, 0.2) is 11.5 Å². The van der Waals surface area contributed by atoms with Crippen LogP contribution >= 0.6 is 11.3 Å². The molecule has 1 N–H and O–H groups in total. The largest absolute Gasteiger partial charge is 0.497 e. The fourth-order valence-corrected chi connectivity index (χ4v) is 4.76. The standard InChI is InChI=1S/C22H22N4O4S/c1-28-17-7-4-14(5-8-17)20-24-25-21(31-20)15-3-2-10-26(12-15)22(27)23-16-6-9-18-19(11-16)30-13-29-18/h4-9,11,15H,2-3,10,12-13H2,1H3,(H,23,27)/t15-/m0/s1. The minimum Gasteiger partial charge on any atom is -0.497 e. The normalized spacial score (nSPS) is 17.5. The highest BCUT2D eigenvalue weighted by Gasteiger charge is 2.28. The fourth-order valence-electron chi connectivity index (χ4n) is 3.79. The number of ether oxygens (including phenoxy) is 3. The van der Waals surface area contributed by atoms with E-state index in [9.17, 15) is 4.79 Å². The number of carbonyl (C=O) groups is 1. The van der Waals surface area contributed by atoms with E-state index in [2.05, 4.69) is 15.5 Å². The highest BCUT2D eigenvalue weighted by atomic mass is 32.1. The van der Waals surface area contributed by atoms with Crippen molar-refractivity contribution in [2.75, 3.05) is 32.3 Å². The summed E-state index contributed by atoms with van der Waals surface area (Å²) in [6.45, 7) is 1.55. The van der Waals surface area contributed by atoms with Crippen LogP contribution in [0.1, 0.15) is 23.8 Å². The third kappa shape index (κ3) is 4.13. The number of rotatable bonds is 4. The number of amides is 2. The van der Waals surface area contributed by atoms with Crippen molar-refractivity contribution in [2.24, 2.45) is 0 Å². The Hall–Kier alpha value is -3.33. The molecule has 0 aliphatic carbocycles. The number of likely N-dealkylation sites (tertiary alicyclic amines) is 1. The van der Waals surface area contributed by atoms with Gasteiger partial charge in [0.25, 0.3) is 0 Å². The predicted octanol–water partition coefficient (Wildman–Crippen LogP) is 4.35. The molecule has 1 aromatic heterocycles. The van der Waals surface area contributed by atoms with Crippen LogP contribution in [-0.4, -0.2) is 48.1 Å². The molecule has 5 rings (SSSR count). The summed E-state index contributed by atoms with van der Waals surface area (Å²) >= 11 is 1.59. The lowest BCUT2D eigenvalue weighted by molar-refractivity contribution is 0.174. The number of aromatic nitrogens is 2. The topological polar surface area (TPSA) is 85.8 Å². The van der Waals surface area contributed by atoms with Crippen molar-refractivity contribution in [1.82, 2.24) is 15.1 Å². The Balaban J connectivity index is 1.25. The van der Waals surface area contributed by atoms with Crippen LogP contribution in [0.3, 0.4) is 0 Å². The Labute approximate surface area is 183 Å². The molecule has 9 heteroatoms. The van der Waals surface area contributed by atoms with Crippen LogP contribution in [0.15, 0.2) is 42.5 Å². The minimum absolute atomic E-state index is 0.122. The number of urea groups is 1. The molecule has 2 aliphatic heterocycles. The molecule has 2 aliphatic rings. The van der Waals surface area contributed by atoms with Gasteiger partial charge in [-0.1, -0.05) is 11.3 Å². The van der Waals surface area contributed by atoms with E-state index in [-0.39, 0.29) is 18.7 Å². The van der Waals surface area contributed by atoms with E-state index in [0.29, 0.717) is 23.7 Å². The van der Waals surface area contributed by atoms with Gasteiger partial charge in [0.1, 0.15) is 15.8 Å². The molecule has 160 valence electrons. The first-order valence-electron chi connectivity index (χ1n) is 10.1. The van der Waals surface area contributed by atoms with E-state index in [1.165, 1.54) is 0 Å². The summed E-state index contributed by atoms with van der Waals surface area (Å²) in [5, 5.41) is 13.6. The molecule has 1 saturated heterocycles. The Morgan fingerprint density at radius 2 is 2.00 bits per heavy atom. The molecule has 1 fully saturated rings. The first kappa shape index (κ1) is 19.6. The Morgan fingerprint density at radius 3 is 2.84 bits per heavy atom. The van der Waals surface area contributed by atoms with E-state index in [1.54, 1.807) is 30.6 Å². The van der Waals surface area contributed by atoms with Crippen LogP contribution in [0.4, 0.5) is 10.5 Å². The van der Waals surface area contributed by atoms with Gasteiger partial charge in [0, 0.05) is 36.3 Å². The van der Waals surface area contributed by atoms with Crippen molar-refractivity contribution in [3.63, 3.8) is 0 Å². The van der Waals surface area contributed by atoms with Crippen molar-refractivity contribution in [3.05, 3.63) is 47.5 Å². The molecular weight excluding hydrogens is 416 g/mol. The second-order valence-corrected chi connectivity index (χ2v) is 8.47. The number of benzene rings is 2. The van der Waals surface area contributed by atoms with Crippen LogP contribution in [0.2, 0.25) is 0 Å². The third-order valence-corrected chi connectivity index (χ3v) is 6.59. The number of hydrogen-bond acceptors (Lipinski definition) is 7. The van der Waals surface area contributed by atoms with Crippen molar-refractivity contribution < 1.29 is 19.0 Å². The third-order valence-electron chi connectivity index (χ3n) is 5.46. The lowest BCUT2D eigenvalue weighted by atomic mass is 9.99. The van der Waals surface area contributed by atoms with Crippen LogP contribution in [0, 0.1) is 0 Å². The molecule has 2 aromatic carbocycles. The maximum Gasteiger partial charge on any atom is 0.321 e. The van der Waals surface area contributed by atoms with Crippen molar-refractivity contribution in [2.45, 2.75) is 18.8 Å². The number of piperidine rings is 1. The Kier molecular flexibility index (Phi) is 5.33. The van der Waals surface area contributed by atoms with Gasteiger partial charge in [-0.15, -0.1) is 10.2 Å². The summed E-state index contributed by atoms with van der Waals surface area (Å²) in [6.07, 6.45) is 1.92. The average molecular weight is 439 g/mol. The van der Waals surface area contributed by atoms with Gasteiger partial charge in [-0.25, -0.2) is 4.79 Å². The van der Waals surface area contributed by atoms with Crippen molar-refractivity contribution in [3.8, 4) is 27.8 Å². The summed E-state index contributed by atoms with van der Waals surface area (Å²) in [5.74, 6) is 2.33. The number of carbonyl (C=O) groups excluding carboxylic acids is 1. The average Bonchev–Trinajstić information content (AvgIpc) is 3.49. The van der Waals surface area contributed by atoms with Gasteiger partial charge < -0.3 is 24.4 Å². The SMILES string of the molecule is COc1ccc(-c2nnc([C@H]3CCCN(C(=O)Nc4ccc5c(c4)OCO5)C3)s2)cc1. The fraction of sp³-hybridized carbons (Fsp3) is 0.318. The number of anilines is 1. The lowest BCUT2D eigenvalue weighted by Crippen LogP contribution is -2.41. The summed E-state index contributed by atoms with van der Waals surface area (Å²) in [7, 11) is 1.65. The van der Waals surface area contributed by atoms with E-state index in [0.717, 1.165) is 40.7 Å². The summed E-state index contributed by atoms with van der Waals surface area (Å²) < 4.78 is 15.9. The van der Waals surface area contributed by atoms with Crippen LogP contribution in [-0.2, 0) is 0 Å². The Bertz CT molecular complexity index is 1090. The molecule has 3 heterocycles. The summed E-state index contributed by atoms with van der Waals surface area (Å²) in [5.41, 5.74) is 1.70. The quantitative estimate of drug-likeness (QED) is 0.652. The van der Waals surface area contributed by atoms with Crippen molar-refractivity contribution >= 4 is 23.1 Å². The molecule has 1 atom stereocenters. The van der Waals surface area contributed by atoms with Gasteiger partial charge >= 0.3 is 6.03 Å². The smallest absolute Gasteiger partial charge is 0.321 e. The van der Waals surface area contributed by atoms with E-state index in [1.807, 2.05) is 35.2 Å². The first-order valence-corrected chi connectivity index (χ1v) is 10.9. The van der Waals surface area contributed by atoms with E-state index in [4.69, 9.17) is 14.2 Å². The molecule has 2 amide bonds. The van der Waals surface area contributed by atoms with Crippen LogP contribution in [0.5, 0.6) is 17.2 Å². The monoisotopic (exact) mass is 438 g/mol. The van der Waals surface area contributed by atoms with Gasteiger partial charge in [-0.05, 0) is 49.2 Å². The number of nitrogens with one attached hydrogen (secondary N) is 1. The first-order chi connectivity index (χ1) is 15.2. The molecule has 3 aromatic rings. The molecule has 0 saturated carbocycles. The highest BCUT2D eigenvalue weighted by molar-refractivity contribution is 7.14. The zero-order valence-electron chi connectivity index (χ0n) is 17.0. The molecule has 0 radical (unpaired) electrons. The molecule has 8 nitrogen and oxygen atoms in total. The van der Waals surface area contributed by atoms with Gasteiger partial charge in [-0.3, -0.25) is 0 Å². The summed E-state index contributed by atoms with van der Waals surface area (Å²) in [6, 6.07) is 13.1. The highest BCUT2D eigenvalue weighted by Crippen LogP contribution is 2.35. The van der Waals surface area contributed by atoms with E-state index < -0.39 is 0 Å². The second-order valence-electron chi connectivity index (χ2n) is 7.46. The molecular formula is C22H22N4O4S. The predicted molar refractivity (Wildman–Crippen MR) is 117 cm³/mol. The van der Waals surface area contributed by atoms with Gasteiger partial charge in [0.05, 0.1) is 7.11 Å². The number of hydrogen-bond donors (Lipinski definition) is 1. The van der Waals surface area contributed by atoms with Crippen LogP contribution in [0.25, 0.3) is 10.6 Å². The maximum atomic E-state index is 12.8. The van der Waals surface area contributed by atoms with Crippen molar-refractivity contribution in [1.29, 1.82) is 0 Å². The number of nitrogens with zero attached hydrogens (tertiary/aromatic N) is 3. The van der Waals surface area contributed by atoms with Gasteiger partial charge in [0.2, 0.25) is 6.79 Å². The lowest BCUT2D eigenvalue weighted by Gasteiger charge is -2.31. The molecule has 0 spiro atoms. The molecule has 31 heavy (non-hydrogen) atoms. The van der Waals surface area contributed by atoms with Crippen LogP contribution < -0.4 is 19.5 Å². The van der Waals surface area contributed by atoms with E-state index >= 15 is 0 Å². The second kappa shape index (κ2) is 8.43. The zero-order chi connectivity index (χ0) is 21.2. The molecule has 0 bridgehead atoms.